The van der Waals surface area contributed by atoms with Crippen molar-refractivity contribution in [2.45, 2.75) is 58.1 Å². The second kappa shape index (κ2) is 10.3. The highest BCUT2D eigenvalue weighted by atomic mass is 16.5. The van der Waals surface area contributed by atoms with Crippen molar-refractivity contribution < 1.29 is 9.53 Å². The number of hydrogen-bond acceptors (Lipinski definition) is 3. The van der Waals surface area contributed by atoms with Gasteiger partial charge in [-0.3, -0.25) is 4.79 Å². The van der Waals surface area contributed by atoms with E-state index in [-0.39, 0.29) is 5.91 Å². The summed E-state index contributed by atoms with van der Waals surface area (Å²) in [4.78, 5) is 18.8. The second-order valence-corrected chi connectivity index (χ2v) is 7.76. The van der Waals surface area contributed by atoms with Crippen LogP contribution < -0.4 is 15.4 Å². The highest BCUT2D eigenvalue weighted by Crippen LogP contribution is 2.28. The van der Waals surface area contributed by atoms with Gasteiger partial charge in [0.15, 0.2) is 5.96 Å². The first kappa shape index (κ1) is 20.5. The molecule has 3 rings (SSSR count). The van der Waals surface area contributed by atoms with Gasteiger partial charge in [-0.1, -0.05) is 18.2 Å². The summed E-state index contributed by atoms with van der Waals surface area (Å²) < 4.78 is 6.14. The summed E-state index contributed by atoms with van der Waals surface area (Å²) in [6.45, 7) is 5.43. The lowest BCUT2D eigenvalue weighted by atomic mass is 9.93. The summed E-state index contributed by atoms with van der Waals surface area (Å²) in [7, 11) is 1.71. The molecule has 1 saturated carbocycles. The molecule has 2 N–H and O–H groups in total. The Hall–Kier alpha value is -2.24. The SMILES string of the molecule is CCNC(=NCc1ccccc1OC1CCC1)N1CCC(CC(=O)NC)CC1. The highest BCUT2D eigenvalue weighted by molar-refractivity contribution is 5.80. The number of guanidine groups is 1. The van der Waals surface area contributed by atoms with Crippen LogP contribution in [-0.4, -0.2) is 49.6 Å². The van der Waals surface area contributed by atoms with Gasteiger partial charge in [0.25, 0.3) is 0 Å². The Balaban J connectivity index is 1.60. The Morgan fingerprint density at radius 1 is 1.21 bits per heavy atom. The molecule has 2 aliphatic rings. The summed E-state index contributed by atoms with van der Waals surface area (Å²) >= 11 is 0. The zero-order valence-electron chi connectivity index (χ0n) is 17.2. The monoisotopic (exact) mass is 386 g/mol. The maximum atomic E-state index is 11.6. The van der Waals surface area contributed by atoms with Gasteiger partial charge in [-0.05, 0) is 51.0 Å². The Morgan fingerprint density at radius 3 is 2.61 bits per heavy atom. The van der Waals surface area contributed by atoms with Crippen molar-refractivity contribution in [3.05, 3.63) is 29.8 Å². The number of benzene rings is 1. The topological polar surface area (TPSA) is 66.0 Å². The summed E-state index contributed by atoms with van der Waals surface area (Å²) in [5.74, 6) is 2.54. The molecule has 28 heavy (non-hydrogen) atoms. The summed E-state index contributed by atoms with van der Waals surface area (Å²) in [6.07, 6.45) is 6.64. The van der Waals surface area contributed by atoms with Crippen molar-refractivity contribution >= 4 is 11.9 Å². The Bertz CT molecular complexity index is 664. The molecule has 0 atom stereocenters. The van der Waals surface area contributed by atoms with Crippen LogP contribution in [0.15, 0.2) is 29.3 Å². The van der Waals surface area contributed by atoms with E-state index in [1.165, 1.54) is 6.42 Å². The summed E-state index contributed by atoms with van der Waals surface area (Å²) in [5.41, 5.74) is 1.14. The van der Waals surface area contributed by atoms with Crippen molar-refractivity contribution in [1.82, 2.24) is 15.5 Å². The minimum Gasteiger partial charge on any atom is -0.490 e. The fraction of sp³-hybridized carbons (Fsp3) is 0.636. The third-order valence-corrected chi connectivity index (χ3v) is 5.72. The number of ether oxygens (including phenoxy) is 1. The molecule has 1 aromatic rings. The predicted molar refractivity (Wildman–Crippen MR) is 113 cm³/mol. The number of amides is 1. The van der Waals surface area contributed by atoms with Gasteiger partial charge in [0, 0.05) is 38.7 Å². The van der Waals surface area contributed by atoms with Crippen LogP contribution in [-0.2, 0) is 11.3 Å². The second-order valence-electron chi connectivity index (χ2n) is 7.76. The van der Waals surface area contributed by atoms with Crippen LogP contribution in [0.4, 0.5) is 0 Å². The van der Waals surface area contributed by atoms with Crippen LogP contribution in [0.2, 0.25) is 0 Å². The van der Waals surface area contributed by atoms with E-state index in [2.05, 4.69) is 40.7 Å². The molecule has 0 radical (unpaired) electrons. The Labute approximate surface area is 168 Å². The lowest BCUT2D eigenvalue weighted by molar-refractivity contribution is -0.121. The first-order valence-corrected chi connectivity index (χ1v) is 10.7. The number of carbonyl (C=O) groups excluding carboxylic acids is 1. The summed E-state index contributed by atoms with van der Waals surface area (Å²) in [6, 6.07) is 8.25. The maximum absolute atomic E-state index is 11.6. The zero-order chi connectivity index (χ0) is 19.8. The van der Waals surface area contributed by atoms with Gasteiger partial charge in [-0.2, -0.15) is 0 Å². The molecule has 6 nitrogen and oxygen atoms in total. The third-order valence-electron chi connectivity index (χ3n) is 5.72. The standard InChI is InChI=1S/C22H34N4O2/c1-3-24-22(26-13-11-17(12-14-26)15-21(27)23-2)25-16-18-7-4-5-10-20(18)28-19-8-6-9-19/h4-5,7,10,17,19H,3,6,8-9,11-16H2,1-2H3,(H,23,27)(H,24,25). The van der Waals surface area contributed by atoms with Gasteiger partial charge in [0.2, 0.25) is 5.91 Å². The van der Waals surface area contributed by atoms with Crippen LogP contribution >= 0.6 is 0 Å². The average Bonchev–Trinajstić information content (AvgIpc) is 2.69. The molecule has 1 saturated heterocycles. The molecule has 1 aliphatic carbocycles. The van der Waals surface area contributed by atoms with Crippen molar-refractivity contribution in [3.63, 3.8) is 0 Å². The molecule has 0 unspecified atom stereocenters. The van der Waals surface area contributed by atoms with Gasteiger partial charge < -0.3 is 20.3 Å². The molecule has 1 aromatic carbocycles. The Morgan fingerprint density at radius 2 is 1.96 bits per heavy atom. The van der Waals surface area contributed by atoms with Crippen LogP contribution in [0, 0.1) is 5.92 Å². The number of nitrogens with one attached hydrogen (secondary N) is 2. The van der Waals surface area contributed by atoms with E-state index in [9.17, 15) is 4.79 Å². The fourth-order valence-electron chi connectivity index (χ4n) is 3.72. The highest BCUT2D eigenvalue weighted by Gasteiger charge is 2.23. The molecular weight excluding hydrogens is 352 g/mol. The van der Waals surface area contributed by atoms with Crippen LogP contribution in [0.1, 0.15) is 51.0 Å². The van der Waals surface area contributed by atoms with Crippen LogP contribution in [0.5, 0.6) is 5.75 Å². The number of hydrogen-bond donors (Lipinski definition) is 2. The van der Waals surface area contributed by atoms with Crippen LogP contribution in [0.3, 0.4) is 0 Å². The Kier molecular flexibility index (Phi) is 7.57. The first-order valence-electron chi connectivity index (χ1n) is 10.7. The number of para-hydroxylation sites is 1. The minimum absolute atomic E-state index is 0.141. The number of piperidine rings is 1. The van der Waals surface area contributed by atoms with Gasteiger partial charge in [-0.25, -0.2) is 4.99 Å². The van der Waals surface area contributed by atoms with E-state index in [4.69, 9.17) is 9.73 Å². The average molecular weight is 387 g/mol. The fourth-order valence-corrected chi connectivity index (χ4v) is 3.72. The lowest BCUT2D eigenvalue weighted by Crippen LogP contribution is -2.46. The van der Waals surface area contributed by atoms with Crippen molar-refractivity contribution in [2.24, 2.45) is 10.9 Å². The van der Waals surface area contributed by atoms with Crippen molar-refractivity contribution in [1.29, 1.82) is 0 Å². The third kappa shape index (κ3) is 5.63. The first-order chi connectivity index (χ1) is 13.7. The molecular formula is C22H34N4O2. The van der Waals surface area contributed by atoms with Crippen LogP contribution in [0.25, 0.3) is 0 Å². The smallest absolute Gasteiger partial charge is 0.220 e. The van der Waals surface area contributed by atoms with Gasteiger partial charge >= 0.3 is 0 Å². The molecule has 0 spiro atoms. The normalized spacial score (nSPS) is 18.5. The number of nitrogens with zero attached hydrogens (tertiary/aromatic N) is 2. The van der Waals surface area contributed by atoms with Crippen molar-refractivity contribution in [2.75, 3.05) is 26.7 Å². The molecule has 1 amide bonds. The lowest BCUT2D eigenvalue weighted by Gasteiger charge is -2.34. The number of aliphatic imine (C=N–C) groups is 1. The maximum Gasteiger partial charge on any atom is 0.220 e. The predicted octanol–water partition coefficient (Wildman–Crippen LogP) is 2.93. The molecule has 0 aromatic heterocycles. The molecule has 0 bridgehead atoms. The number of likely N-dealkylation sites (tertiary alicyclic amines) is 1. The quantitative estimate of drug-likeness (QED) is 0.559. The molecule has 1 aliphatic heterocycles. The van der Waals surface area contributed by atoms with E-state index < -0.39 is 0 Å². The molecule has 2 fully saturated rings. The number of rotatable bonds is 7. The molecule has 154 valence electrons. The van der Waals surface area contributed by atoms with E-state index in [0.717, 1.165) is 62.6 Å². The van der Waals surface area contributed by atoms with E-state index in [1.54, 1.807) is 7.05 Å². The van der Waals surface area contributed by atoms with E-state index >= 15 is 0 Å². The van der Waals surface area contributed by atoms with E-state index in [1.807, 2.05) is 6.07 Å². The van der Waals surface area contributed by atoms with Gasteiger partial charge in [0.1, 0.15) is 5.75 Å². The minimum atomic E-state index is 0.141. The largest absolute Gasteiger partial charge is 0.490 e. The van der Waals surface area contributed by atoms with Crippen molar-refractivity contribution in [3.8, 4) is 5.75 Å². The van der Waals surface area contributed by atoms with E-state index in [0.29, 0.717) is 25.0 Å². The zero-order valence-corrected chi connectivity index (χ0v) is 17.2. The van der Waals surface area contributed by atoms with Gasteiger partial charge in [-0.15, -0.1) is 0 Å². The summed E-state index contributed by atoms with van der Waals surface area (Å²) in [5, 5.41) is 6.16. The van der Waals surface area contributed by atoms with Gasteiger partial charge in [0.05, 0.1) is 12.6 Å². The molecule has 6 heteroatoms. The number of carbonyl (C=O) groups is 1. The molecule has 1 heterocycles.